The topological polar surface area (TPSA) is 64.6 Å². The normalized spacial score (nSPS) is 12.2. The lowest BCUT2D eigenvalue weighted by Crippen LogP contribution is -2.33. The van der Waals surface area contributed by atoms with Crippen molar-refractivity contribution in [1.29, 1.82) is 0 Å². The number of fused-ring (bicyclic) bond motifs is 1. The Hall–Kier alpha value is -3.21. The molecule has 0 atom stereocenters. The number of anilines is 2. The van der Waals surface area contributed by atoms with Gasteiger partial charge in [0.25, 0.3) is 0 Å². The highest BCUT2D eigenvalue weighted by molar-refractivity contribution is 5.92. The maximum Gasteiger partial charge on any atom is 0.163 e. The fourth-order valence-corrected chi connectivity index (χ4v) is 2.82. The molecule has 0 saturated carbocycles. The Labute approximate surface area is 171 Å². The number of nitrogens with one attached hydrogen (secondary N) is 1. The summed E-state index contributed by atoms with van der Waals surface area (Å²) in [6.07, 6.45) is 7.34. The first-order valence-electron chi connectivity index (χ1n) is 9.27. The number of hydrogen-bond acceptors (Lipinski definition) is 7. The van der Waals surface area contributed by atoms with Crippen molar-refractivity contribution < 1.29 is 18.9 Å². The zero-order valence-electron chi connectivity index (χ0n) is 16.7. The molecule has 0 aliphatic carbocycles. The molecule has 0 unspecified atom stereocenters. The quantitative estimate of drug-likeness (QED) is 0.493. The molecule has 0 amide bonds. The van der Waals surface area contributed by atoms with Crippen molar-refractivity contribution in [1.82, 2.24) is 0 Å². The van der Waals surface area contributed by atoms with E-state index in [-0.39, 0.29) is 0 Å². The van der Waals surface area contributed by atoms with Gasteiger partial charge in [0, 0.05) is 37.6 Å². The number of hydrogen-bond donors (Lipinski definition) is 1. The third-order valence-corrected chi connectivity index (χ3v) is 4.22. The molecule has 1 aliphatic heterocycles. The average Bonchev–Trinajstić information content (AvgIpc) is 2.75. The van der Waals surface area contributed by atoms with Crippen LogP contribution in [0, 0.1) is 12.3 Å². The smallest absolute Gasteiger partial charge is 0.163 e. The van der Waals surface area contributed by atoms with Crippen molar-refractivity contribution in [2.75, 3.05) is 57.8 Å². The van der Waals surface area contributed by atoms with Crippen LogP contribution >= 0.6 is 0 Å². The molecule has 0 radical (unpaired) electrons. The zero-order chi connectivity index (χ0) is 20.5. The minimum absolute atomic E-state index is 0.418. The Morgan fingerprint density at radius 1 is 1.03 bits per heavy atom. The van der Waals surface area contributed by atoms with Gasteiger partial charge in [0.1, 0.15) is 19.9 Å². The summed E-state index contributed by atoms with van der Waals surface area (Å²) in [4.78, 5) is 4.44. The van der Waals surface area contributed by atoms with Crippen LogP contribution in [0.3, 0.4) is 0 Å². The lowest BCUT2D eigenvalue weighted by atomic mass is 10.1. The second-order valence-corrected chi connectivity index (χ2v) is 6.26. The van der Waals surface area contributed by atoms with Gasteiger partial charge in [-0.25, -0.2) is 0 Å². The highest BCUT2D eigenvalue weighted by Crippen LogP contribution is 2.36. The van der Waals surface area contributed by atoms with E-state index in [1.807, 2.05) is 47.6 Å². The molecule has 0 spiro atoms. The van der Waals surface area contributed by atoms with Crippen LogP contribution < -0.4 is 19.9 Å². The van der Waals surface area contributed by atoms with Crippen LogP contribution in [0.1, 0.15) is 11.1 Å². The van der Waals surface area contributed by atoms with Crippen LogP contribution in [-0.4, -0.2) is 53.5 Å². The molecule has 0 bridgehead atoms. The van der Waals surface area contributed by atoms with Crippen molar-refractivity contribution in [3.63, 3.8) is 0 Å². The summed E-state index contributed by atoms with van der Waals surface area (Å²) < 4.78 is 21.9. The molecule has 2 aromatic carbocycles. The number of terminal acetylenes is 1. The Bertz CT molecular complexity index is 892. The van der Waals surface area contributed by atoms with Gasteiger partial charge in [0.05, 0.1) is 24.6 Å². The van der Waals surface area contributed by atoms with Crippen LogP contribution in [0.15, 0.2) is 41.4 Å². The number of benzene rings is 2. The number of rotatable bonds is 10. The van der Waals surface area contributed by atoms with Gasteiger partial charge in [0.2, 0.25) is 0 Å². The molecule has 3 rings (SSSR count). The minimum Gasteiger partial charge on any atom is -0.487 e. The SMILES string of the molecule is C#Cc1cccc(NN2CN=Cc3cc(OCCOC)c(OCCOC)cc32)c1. The van der Waals surface area contributed by atoms with E-state index in [0.717, 1.165) is 22.5 Å². The van der Waals surface area contributed by atoms with Gasteiger partial charge >= 0.3 is 0 Å². The Morgan fingerprint density at radius 2 is 1.76 bits per heavy atom. The van der Waals surface area contributed by atoms with Gasteiger partial charge in [-0.05, 0) is 24.3 Å². The molecule has 0 fully saturated rings. The number of hydrazine groups is 1. The van der Waals surface area contributed by atoms with Gasteiger partial charge in [-0.1, -0.05) is 12.0 Å². The van der Waals surface area contributed by atoms with Crippen molar-refractivity contribution >= 4 is 17.6 Å². The van der Waals surface area contributed by atoms with Crippen LogP contribution in [0.2, 0.25) is 0 Å². The molecule has 0 aromatic heterocycles. The first kappa shape index (κ1) is 20.5. The van der Waals surface area contributed by atoms with Crippen LogP contribution in [0.5, 0.6) is 11.5 Å². The van der Waals surface area contributed by atoms with Crippen molar-refractivity contribution in [3.05, 3.63) is 47.5 Å². The van der Waals surface area contributed by atoms with Crippen LogP contribution in [0.4, 0.5) is 11.4 Å². The molecule has 29 heavy (non-hydrogen) atoms. The third-order valence-electron chi connectivity index (χ3n) is 4.22. The lowest BCUT2D eigenvalue weighted by molar-refractivity contribution is 0.132. The zero-order valence-corrected chi connectivity index (χ0v) is 16.7. The predicted octanol–water partition coefficient (Wildman–Crippen LogP) is 2.94. The predicted molar refractivity (Wildman–Crippen MR) is 114 cm³/mol. The Balaban J connectivity index is 1.86. The van der Waals surface area contributed by atoms with E-state index >= 15 is 0 Å². The summed E-state index contributed by atoms with van der Waals surface area (Å²) in [5.41, 5.74) is 6.90. The summed E-state index contributed by atoms with van der Waals surface area (Å²) >= 11 is 0. The Morgan fingerprint density at radius 3 is 2.45 bits per heavy atom. The van der Waals surface area contributed by atoms with Crippen LogP contribution in [-0.2, 0) is 9.47 Å². The first-order chi connectivity index (χ1) is 14.2. The standard InChI is InChI=1S/C22H25N3O4/c1-4-17-6-5-7-19(12-17)24-25-16-23-15-18-13-21(28-10-8-26-2)22(14-20(18)25)29-11-9-27-3/h1,5-7,12-15,24H,8-11,16H2,2-3H3. The van der Waals surface area contributed by atoms with E-state index in [1.165, 1.54) is 0 Å². The highest BCUT2D eigenvalue weighted by atomic mass is 16.5. The summed E-state index contributed by atoms with van der Waals surface area (Å²) in [5.74, 6) is 3.92. The second-order valence-electron chi connectivity index (χ2n) is 6.26. The van der Waals surface area contributed by atoms with Crippen molar-refractivity contribution in [3.8, 4) is 23.8 Å². The van der Waals surface area contributed by atoms with E-state index in [4.69, 9.17) is 25.4 Å². The van der Waals surface area contributed by atoms with E-state index in [9.17, 15) is 0 Å². The van der Waals surface area contributed by atoms with Gasteiger partial charge < -0.3 is 18.9 Å². The summed E-state index contributed by atoms with van der Waals surface area (Å²) in [7, 11) is 3.27. The minimum atomic E-state index is 0.418. The van der Waals surface area contributed by atoms with E-state index in [1.54, 1.807) is 14.2 Å². The fraction of sp³-hybridized carbons (Fsp3) is 0.318. The fourth-order valence-electron chi connectivity index (χ4n) is 2.82. The molecular formula is C22H25N3O4. The number of methoxy groups -OCH3 is 2. The van der Waals surface area contributed by atoms with Crippen molar-refractivity contribution in [2.24, 2.45) is 4.99 Å². The average molecular weight is 395 g/mol. The molecule has 152 valence electrons. The second kappa shape index (κ2) is 10.4. The maximum absolute atomic E-state index is 5.89. The number of aliphatic imine (C=N–C) groups is 1. The van der Waals surface area contributed by atoms with Crippen molar-refractivity contribution in [2.45, 2.75) is 0 Å². The van der Waals surface area contributed by atoms with E-state index in [2.05, 4.69) is 16.3 Å². The lowest BCUT2D eigenvalue weighted by Gasteiger charge is -2.29. The molecule has 1 N–H and O–H groups in total. The molecular weight excluding hydrogens is 370 g/mol. The van der Waals surface area contributed by atoms with Gasteiger partial charge in [-0.3, -0.25) is 15.4 Å². The van der Waals surface area contributed by atoms with Gasteiger partial charge in [0.15, 0.2) is 11.5 Å². The van der Waals surface area contributed by atoms with Crippen LogP contribution in [0.25, 0.3) is 0 Å². The monoisotopic (exact) mass is 395 g/mol. The van der Waals surface area contributed by atoms with E-state index in [0.29, 0.717) is 44.6 Å². The molecule has 7 nitrogen and oxygen atoms in total. The molecule has 1 aliphatic rings. The summed E-state index contributed by atoms with van der Waals surface area (Å²) in [5, 5.41) is 1.94. The van der Waals surface area contributed by atoms with Gasteiger partial charge in [-0.15, -0.1) is 6.42 Å². The number of ether oxygens (including phenoxy) is 4. The largest absolute Gasteiger partial charge is 0.487 e. The van der Waals surface area contributed by atoms with E-state index < -0.39 is 0 Å². The molecule has 7 heteroatoms. The molecule has 2 aromatic rings. The first-order valence-corrected chi connectivity index (χ1v) is 9.27. The highest BCUT2D eigenvalue weighted by Gasteiger charge is 2.19. The number of nitrogens with zero attached hydrogens (tertiary/aromatic N) is 2. The summed E-state index contributed by atoms with van der Waals surface area (Å²) in [6.45, 7) is 2.27. The third kappa shape index (κ3) is 5.41. The molecule has 1 heterocycles. The maximum atomic E-state index is 5.89. The Kier molecular flexibility index (Phi) is 7.34. The summed E-state index contributed by atoms with van der Waals surface area (Å²) in [6, 6.07) is 11.5. The molecule has 0 saturated heterocycles. The van der Waals surface area contributed by atoms with Gasteiger partial charge in [-0.2, -0.15) is 0 Å².